The van der Waals surface area contributed by atoms with E-state index in [-0.39, 0.29) is 22.1 Å². The van der Waals surface area contributed by atoms with Crippen molar-refractivity contribution >= 4 is 53.2 Å². The maximum atomic E-state index is 12.4. The fourth-order valence-corrected chi connectivity index (χ4v) is 4.48. The van der Waals surface area contributed by atoms with Crippen molar-refractivity contribution in [1.29, 1.82) is 0 Å². The highest BCUT2D eigenvalue weighted by molar-refractivity contribution is 8.09. The molecule has 2 aromatic rings. The van der Waals surface area contributed by atoms with E-state index in [1.165, 1.54) is 11.8 Å². The maximum Gasteiger partial charge on any atom is 0.234 e. The molecule has 0 heterocycles. The molecular weight excluding hydrogens is 446 g/mol. The normalized spacial score (nSPS) is 11.4. The van der Waals surface area contributed by atoms with Crippen molar-refractivity contribution in [3.63, 3.8) is 0 Å². The highest BCUT2D eigenvalue weighted by Crippen LogP contribution is 2.39. The van der Waals surface area contributed by atoms with Crippen molar-refractivity contribution in [1.82, 2.24) is 4.90 Å². The molecule has 2 rings (SSSR count). The van der Waals surface area contributed by atoms with Crippen LogP contribution in [0.4, 0.5) is 0 Å². The second kappa shape index (κ2) is 11.8. The van der Waals surface area contributed by atoms with Crippen LogP contribution in [-0.4, -0.2) is 44.6 Å². The molecule has 2 aromatic carbocycles. The van der Waals surface area contributed by atoms with Crippen molar-refractivity contribution in [2.24, 2.45) is 0 Å². The van der Waals surface area contributed by atoms with E-state index in [2.05, 4.69) is 25.3 Å². The molecular formula is C24H31NO3S3. The molecule has 0 aliphatic carbocycles. The van der Waals surface area contributed by atoms with E-state index in [0.29, 0.717) is 0 Å². The van der Waals surface area contributed by atoms with Crippen molar-refractivity contribution in [3.05, 3.63) is 71.8 Å². The van der Waals surface area contributed by atoms with Gasteiger partial charge in [0.15, 0.2) is 0 Å². The van der Waals surface area contributed by atoms with Crippen LogP contribution in [0, 0.1) is 0 Å². The molecule has 168 valence electrons. The average molecular weight is 478 g/mol. The topological polar surface area (TPSA) is 54.5 Å². The van der Waals surface area contributed by atoms with Gasteiger partial charge in [-0.2, -0.15) is 0 Å². The van der Waals surface area contributed by atoms with Crippen molar-refractivity contribution in [2.45, 2.75) is 43.1 Å². The van der Waals surface area contributed by atoms with Gasteiger partial charge in [0.05, 0.1) is 15.4 Å². The second-order valence-corrected chi connectivity index (χ2v) is 11.3. The van der Waals surface area contributed by atoms with Crippen molar-refractivity contribution in [2.75, 3.05) is 14.1 Å². The largest absolute Gasteiger partial charge is 0.348 e. The molecule has 0 saturated carbocycles. The molecule has 0 fully saturated rings. The van der Waals surface area contributed by atoms with E-state index >= 15 is 0 Å². The Kier molecular flexibility index (Phi) is 10.4. The number of nitrogens with zero attached hydrogens (tertiary/aromatic N) is 1. The van der Waals surface area contributed by atoms with Gasteiger partial charge in [0, 0.05) is 14.1 Å². The Hall–Kier alpha value is -1.70. The summed E-state index contributed by atoms with van der Waals surface area (Å²) >= 11 is 8.79. The minimum absolute atomic E-state index is 0.104. The predicted octanol–water partition coefficient (Wildman–Crippen LogP) is 5.10. The molecule has 0 N–H and O–H groups in total. The number of amides is 1. The summed E-state index contributed by atoms with van der Waals surface area (Å²) in [4.78, 5) is 36.2. The molecule has 0 bridgehead atoms. The van der Waals surface area contributed by atoms with Crippen LogP contribution < -0.4 is 0 Å². The third-order valence-electron chi connectivity index (χ3n) is 4.49. The van der Waals surface area contributed by atoms with E-state index in [1.54, 1.807) is 46.7 Å². The van der Waals surface area contributed by atoms with E-state index in [4.69, 9.17) is 0 Å². The lowest BCUT2D eigenvalue weighted by molar-refractivity contribution is -0.129. The lowest BCUT2D eigenvalue weighted by Gasteiger charge is -2.29. The number of hydrogen-bond donors (Lipinski definition) is 2. The summed E-state index contributed by atoms with van der Waals surface area (Å²) in [5, 5.41) is -0.472. The first kappa shape index (κ1) is 27.3. The van der Waals surface area contributed by atoms with Gasteiger partial charge in [-0.15, -0.1) is 37.0 Å². The van der Waals surface area contributed by atoms with E-state index in [0.717, 1.165) is 11.1 Å². The van der Waals surface area contributed by atoms with Crippen LogP contribution in [0.2, 0.25) is 0 Å². The molecule has 1 amide bonds. The average Bonchev–Trinajstić information content (AvgIpc) is 2.69. The second-order valence-electron chi connectivity index (χ2n) is 8.22. The number of likely N-dealkylation sites (N-methyl/N-ethyl adjacent to an activating group) is 1. The lowest BCUT2D eigenvalue weighted by Crippen LogP contribution is -2.34. The summed E-state index contributed by atoms with van der Waals surface area (Å²) in [6.07, 6.45) is 0. The first-order valence-electron chi connectivity index (χ1n) is 9.77. The summed E-state index contributed by atoms with van der Waals surface area (Å²) in [6, 6.07) is 19.8. The van der Waals surface area contributed by atoms with Gasteiger partial charge < -0.3 is 4.90 Å². The molecule has 0 unspecified atom stereocenters. The van der Waals surface area contributed by atoms with Crippen molar-refractivity contribution < 1.29 is 14.4 Å². The van der Waals surface area contributed by atoms with Crippen LogP contribution in [0.5, 0.6) is 0 Å². The maximum absolute atomic E-state index is 12.4. The lowest BCUT2D eigenvalue weighted by atomic mass is 9.90. The molecule has 0 atom stereocenters. The Morgan fingerprint density at radius 2 is 1.06 bits per heavy atom. The molecule has 0 radical (unpaired) electrons. The summed E-state index contributed by atoms with van der Waals surface area (Å²) in [7, 11) is 3.59. The first-order valence-corrected chi connectivity index (χ1v) is 11.5. The van der Waals surface area contributed by atoms with Gasteiger partial charge in [0.2, 0.25) is 16.1 Å². The molecule has 0 aliphatic heterocycles. The van der Waals surface area contributed by atoms with E-state index < -0.39 is 9.49 Å². The molecule has 0 aromatic heterocycles. The van der Waals surface area contributed by atoms with Gasteiger partial charge in [-0.25, -0.2) is 0 Å². The van der Waals surface area contributed by atoms with Crippen molar-refractivity contribution in [3.8, 4) is 0 Å². The summed E-state index contributed by atoms with van der Waals surface area (Å²) in [6.45, 7) is 6.97. The fourth-order valence-electron chi connectivity index (χ4n) is 2.75. The van der Waals surface area contributed by atoms with Gasteiger partial charge >= 0.3 is 0 Å². The Balaban J connectivity index is 0.000000330. The first-order chi connectivity index (χ1) is 14.3. The number of thioether (sulfide) groups is 1. The van der Waals surface area contributed by atoms with Crippen LogP contribution in [-0.2, 0) is 14.4 Å². The van der Waals surface area contributed by atoms with Gasteiger partial charge in [-0.05, 0) is 38.8 Å². The SMILES string of the molecule is CC(C)(SC(C)(C)C(=O)S)C(=O)S.CN(C)C(=O)C(c1ccccc1)c1ccccc1. The summed E-state index contributed by atoms with van der Waals surface area (Å²) in [5.41, 5.74) is 2.06. The quantitative estimate of drug-likeness (QED) is 0.545. The predicted molar refractivity (Wildman–Crippen MR) is 137 cm³/mol. The standard InChI is InChI=1S/C16H17NO.C8H14O2S3/c1-17(2)16(18)15(13-9-5-3-6-10-13)14-11-7-4-8-12-14;1-7(2,5(9)11)13-8(3,4)6(10)12/h3-12,15H,1-2H3;1-4H3,(H,9,11)(H,10,12). The smallest absolute Gasteiger partial charge is 0.234 e. The van der Waals surface area contributed by atoms with Gasteiger partial charge in [0.1, 0.15) is 0 Å². The minimum atomic E-state index is -0.662. The number of carbonyl (C=O) groups excluding carboxylic acids is 3. The van der Waals surface area contributed by atoms with Crippen LogP contribution >= 0.6 is 37.0 Å². The molecule has 7 heteroatoms. The van der Waals surface area contributed by atoms with Crippen LogP contribution in [0.1, 0.15) is 44.7 Å². The third-order valence-corrected chi connectivity index (χ3v) is 7.31. The summed E-state index contributed by atoms with van der Waals surface area (Å²) in [5.74, 6) is -0.116. The molecule has 0 saturated heterocycles. The minimum Gasteiger partial charge on any atom is -0.348 e. The zero-order chi connectivity index (χ0) is 23.8. The number of hydrogen-bond acceptors (Lipinski definition) is 4. The zero-order valence-corrected chi connectivity index (χ0v) is 21.4. The molecule has 31 heavy (non-hydrogen) atoms. The molecule has 0 aliphatic rings. The van der Waals surface area contributed by atoms with Crippen LogP contribution in [0.25, 0.3) is 0 Å². The zero-order valence-electron chi connectivity index (χ0n) is 18.8. The highest BCUT2D eigenvalue weighted by Gasteiger charge is 2.36. The van der Waals surface area contributed by atoms with Crippen LogP contribution in [0.15, 0.2) is 60.7 Å². The Morgan fingerprint density at radius 3 is 1.32 bits per heavy atom. The molecule has 0 spiro atoms. The Labute approximate surface area is 201 Å². The Morgan fingerprint density at radius 1 is 0.742 bits per heavy atom. The number of thiol groups is 2. The van der Waals surface area contributed by atoms with Gasteiger partial charge in [-0.1, -0.05) is 60.7 Å². The Bertz CT molecular complexity index is 818. The number of rotatable bonds is 7. The van der Waals surface area contributed by atoms with E-state index in [1.807, 2.05) is 60.7 Å². The van der Waals surface area contributed by atoms with Gasteiger partial charge in [-0.3, -0.25) is 14.4 Å². The monoisotopic (exact) mass is 477 g/mol. The third kappa shape index (κ3) is 8.39. The number of carbonyl (C=O) groups is 3. The van der Waals surface area contributed by atoms with Gasteiger partial charge in [0.25, 0.3) is 0 Å². The van der Waals surface area contributed by atoms with E-state index in [9.17, 15) is 14.4 Å². The fraction of sp³-hybridized carbons (Fsp3) is 0.375. The number of benzene rings is 2. The molecule has 4 nitrogen and oxygen atoms in total. The van der Waals surface area contributed by atoms with Crippen LogP contribution in [0.3, 0.4) is 0 Å². The highest BCUT2D eigenvalue weighted by atomic mass is 32.2. The summed E-state index contributed by atoms with van der Waals surface area (Å²) < 4.78 is -1.32.